The third-order valence-electron chi connectivity index (χ3n) is 3.36. The maximum atomic E-state index is 13.2. The summed E-state index contributed by atoms with van der Waals surface area (Å²) < 4.78 is 18.8. The van der Waals surface area contributed by atoms with Crippen LogP contribution >= 0.6 is 11.6 Å². The highest BCUT2D eigenvalue weighted by Gasteiger charge is 2.26. The lowest BCUT2D eigenvalue weighted by atomic mass is 9.89. The van der Waals surface area contributed by atoms with Gasteiger partial charge >= 0.3 is 0 Å². The third kappa shape index (κ3) is 3.66. The van der Waals surface area contributed by atoms with Crippen LogP contribution in [-0.4, -0.2) is 19.7 Å². The highest BCUT2D eigenvalue weighted by molar-refractivity contribution is 6.30. The van der Waals surface area contributed by atoms with E-state index in [1.54, 1.807) is 12.1 Å². The molecule has 0 spiro atoms. The van der Waals surface area contributed by atoms with Crippen molar-refractivity contribution in [2.24, 2.45) is 5.92 Å². The van der Waals surface area contributed by atoms with Crippen LogP contribution in [0, 0.1) is 23.1 Å². The zero-order valence-corrected chi connectivity index (χ0v) is 11.3. The molecule has 0 saturated carbocycles. The fourth-order valence-corrected chi connectivity index (χ4v) is 2.65. The molecule has 0 aromatic heterocycles. The van der Waals surface area contributed by atoms with E-state index in [2.05, 4.69) is 5.32 Å². The fourth-order valence-electron chi connectivity index (χ4n) is 2.46. The molecule has 1 aliphatic heterocycles. The molecule has 1 aromatic rings. The average molecular weight is 283 g/mol. The Balaban J connectivity index is 2.20. The summed E-state index contributed by atoms with van der Waals surface area (Å²) in [5.74, 6) is -0.158. The summed E-state index contributed by atoms with van der Waals surface area (Å²) >= 11 is 5.82. The van der Waals surface area contributed by atoms with Crippen molar-refractivity contribution in [3.05, 3.63) is 34.6 Å². The smallest absolute Gasteiger partial charge is 0.141 e. The molecule has 2 rings (SSSR count). The van der Waals surface area contributed by atoms with E-state index in [0.717, 1.165) is 31.5 Å². The highest BCUT2D eigenvalue weighted by atomic mass is 35.5. The number of nitrogens with zero attached hydrogens (tertiary/aromatic N) is 1. The van der Waals surface area contributed by atoms with Gasteiger partial charge in [0.05, 0.1) is 17.2 Å². The van der Waals surface area contributed by atoms with Crippen LogP contribution in [-0.2, 0) is 4.74 Å². The molecule has 1 unspecified atom stereocenters. The number of nitriles is 1. The topological polar surface area (TPSA) is 45.0 Å². The molecule has 5 heteroatoms. The molecule has 1 heterocycles. The third-order valence-corrected chi connectivity index (χ3v) is 3.65. The molecule has 1 saturated heterocycles. The Labute approximate surface area is 117 Å². The Morgan fingerprint density at radius 3 is 3.05 bits per heavy atom. The first-order valence-corrected chi connectivity index (χ1v) is 6.74. The van der Waals surface area contributed by atoms with E-state index in [1.807, 2.05) is 6.07 Å². The molecular formula is C14H16ClFN2O. The first-order chi connectivity index (χ1) is 9.22. The van der Waals surface area contributed by atoms with Gasteiger partial charge < -0.3 is 10.1 Å². The fraction of sp³-hybridized carbons (Fsp3) is 0.500. The summed E-state index contributed by atoms with van der Waals surface area (Å²) in [5, 5.41) is 12.1. The summed E-state index contributed by atoms with van der Waals surface area (Å²) in [7, 11) is 0. The van der Waals surface area contributed by atoms with E-state index in [1.165, 1.54) is 6.07 Å². The summed E-state index contributed by atoms with van der Waals surface area (Å²) in [5.41, 5.74) is 0.829. The molecule has 1 fully saturated rings. The maximum Gasteiger partial charge on any atom is 0.141 e. The van der Waals surface area contributed by atoms with Gasteiger partial charge in [-0.2, -0.15) is 5.26 Å². The second kappa shape index (κ2) is 6.85. The van der Waals surface area contributed by atoms with Crippen LogP contribution in [0.3, 0.4) is 0 Å². The van der Waals surface area contributed by atoms with E-state index in [4.69, 9.17) is 21.6 Å². The van der Waals surface area contributed by atoms with Crippen molar-refractivity contribution in [1.29, 1.82) is 5.26 Å². The van der Waals surface area contributed by atoms with Gasteiger partial charge in [-0.1, -0.05) is 17.7 Å². The van der Waals surface area contributed by atoms with Crippen LogP contribution in [0.1, 0.15) is 24.5 Å². The first kappa shape index (κ1) is 14.3. The van der Waals surface area contributed by atoms with Crippen molar-refractivity contribution in [1.82, 2.24) is 5.32 Å². The largest absolute Gasteiger partial charge is 0.358 e. The molecule has 1 aromatic carbocycles. The van der Waals surface area contributed by atoms with E-state index in [9.17, 15) is 4.39 Å². The van der Waals surface area contributed by atoms with Gasteiger partial charge in [0.15, 0.2) is 0 Å². The second-order valence-electron chi connectivity index (χ2n) is 4.67. The number of benzene rings is 1. The zero-order chi connectivity index (χ0) is 13.7. The van der Waals surface area contributed by atoms with Gasteiger partial charge in [0.1, 0.15) is 12.4 Å². The maximum absolute atomic E-state index is 13.2. The minimum absolute atomic E-state index is 0.0240. The number of hydrogen-bond acceptors (Lipinski definition) is 3. The number of halogens is 2. The number of hydrogen-bond donors (Lipinski definition) is 1. The van der Waals surface area contributed by atoms with E-state index in [0.29, 0.717) is 0 Å². The van der Waals surface area contributed by atoms with Crippen molar-refractivity contribution in [3.8, 4) is 6.07 Å². The van der Waals surface area contributed by atoms with Crippen molar-refractivity contribution in [2.75, 3.05) is 19.7 Å². The van der Waals surface area contributed by atoms with Gasteiger partial charge in [-0.3, -0.25) is 0 Å². The van der Waals surface area contributed by atoms with Crippen molar-refractivity contribution in [2.45, 2.75) is 18.9 Å². The van der Waals surface area contributed by atoms with Crippen LogP contribution in [0.5, 0.6) is 0 Å². The van der Waals surface area contributed by atoms with Gasteiger partial charge in [0.2, 0.25) is 0 Å². The lowest BCUT2D eigenvalue weighted by Crippen LogP contribution is -2.34. The van der Waals surface area contributed by atoms with Gasteiger partial charge in [-0.05, 0) is 37.1 Å². The van der Waals surface area contributed by atoms with Gasteiger partial charge in [0, 0.05) is 12.5 Å². The molecule has 102 valence electrons. The predicted octanol–water partition coefficient (Wildman–Crippen LogP) is 3.06. The van der Waals surface area contributed by atoms with Gasteiger partial charge in [-0.15, -0.1) is 0 Å². The number of ether oxygens (including phenoxy) is 1. The second-order valence-corrected chi connectivity index (χ2v) is 5.08. The lowest BCUT2D eigenvalue weighted by Gasteiger charge is -2.30. The van der Waals surface area contributed by atoms with E-state index >= 15 is 0 Å². The van der Waals surface area contributed by atoms with E-state index < -0.39 is 5.82 Å². The predicted molar refractivity (Wildman–Crippen MR) is 71.3 cm³/mol. The molecule has 0 radical (unpaired) electrons. The zero-order valence-electron chi connectivity index (χ0n) is 10.5. The Hall–Kier alpha value is -1.15. The summed E-state index contributed by atoms with van der Waals surface area (Å²) in [6.07, 6.45) is 1.88. The van der Waals surface area contributed by atoms with Crippen LogP contribution < -0.4 is 5.32 Å². The normalized spacial score (nSPS) is 20.8. The summed E-state index contributed by atoms with van der Waals surface area (Å²) in [6, 6.07) is 6.60. The molecule has 3 nitrogen and oxygen atoms in total. The Kier molecular flexibility index (Phi) is 5.15. The molecule has 19 heavy (non-hydrogen) atoms. The van der Waals surface area contributed by atoms with Crippen molar-refractivity contribution >= 4 is 11.6 Å². The summed E-state index contributed by atoms with van der Waals surface area (Å²) in [4.78, 5) is 0. The minimum atomic E-state index is -0.439. The number of rotatable bonds is 4. The lowest BCUT2D eigenvalue weighted by molar-refractivity contribution is 0.0212. The van der Waals surface area contributed by atoms with Crippen LogP contribution in [0.4, 0.5) is 4.39 Å². The molecule has 0 bridgehead atoms. The molecular weight excluding hydrogens is 267 g/mol. The summed E-state index contributed by atoms with van der Waals surface area (Å²) in [6.45, 7) is 1.87. The molecule has 0 amide bonds. The Morgan fingerprint density at radius 1 is 1.58 bits per heavy atom. The monoisotopic (exact) mass is 282 g/mol. The molecule has 1 aliphatic rings. The minimum Gasteiger partial charge on any atom is -0.358 e. The van der Waals surface area contributed by atoms with Gasteiger partial charge in [-0.25, -0.2) is 4.39 Å². The SMILES string of the molecule is N#CCO[C@@H](c1ccc(F)c(Cl)c1)C1CCCNC1. The molecule has 1 N–H and O–H groups in total. The number of nitrogens with one attached hydrogen (secondary N) is 1. The number of piperidine rings is 1. The van der Waals surface area contributed by atoms with Crippen LogP contribution in [0.2, 0.25) is 5.02 Å². The van der Waals surface area contributed by atoms with Gasteiger partial charge in [0.25, 0.3) is 0 Å². The highest BCUT2D eigenvalue weighted by Crippen LogP contribution is 2.32. The van der Waals surface area contributed by atoms with E-state index in [-0.39, 0.29) is 23.7 Å². The quantitative estimate of drug-likeness (QED) is 0.923. The molecule has 0 aliphatic carbocycles. The van der Waals surface area contributed by atoms with Crippen LogP contribution in [0.25, 0.3) is 0 Å². The Morgan fingerprint density at radius 2 is 2.42 bits per heavy atom. The average Bonchev–Trinajstić information content (AvgIpc) is 2.44. The van der Waals surface area contributed by atoms with Crippen LogP contribution in [0.15, 0.2) is 18.2 Å². The Bertz CT molecular complexity index is 469. The standard InChI is InChI=1S/C14H16ClFN2O/c15-12-8-10(3-4-13(12)16)14(19-7-5-17)11-2-1-6-18-9-11/h3-4,8,11,14,18H,1-2,6-7,9H2/t11?,14-/m0/s1. The molecule has 2 atom stereocenters. The van der Waals surface area contributed by atoms with Crippen molar-refractivity contribution < 1.29 is 9.13 Å². The van der Waals surface area contributed by atoms with Crippen molar-refractivity contribution in [3.63, 3.8) is 0 Å². The first-order valence-electron chi connectivity index (χ1n) is 6.36.